The molecule has 4 rings (SSSR count). The second kappa shape index (κ2) is 8.66. The molecule has 1 aromatic heterocycles. The Morgan fingerprint density at radius 2 is 2.14 bits per heavy atom. The summed E-state index contributed by atoms with van der Waals surface area (Å²) in [4.78, 5) is 13.3. The molecule has 0 aliphatic carbocycles. The van der Waals surface area contributed by atoms with E-state index in [-0.39, 0.29) is 6.61 Å². The van der Waals surface area contributed by atoms with E-state index >= 15 is 0 Å². The first-order valence-electron chi connectivity index (χ1n) is 10.2. The zero-order valence-electron chi connectivity index (χ0n) is 16.7. The molecule has 1 atom stereocenters. The van der Waals surface area contributed by atoms with E-state index in [2.05, 4.69) is 39.4 Å². The largest absolute Gasteiger partial charge is 0.482 e. The summed E-state index contributed by atoms with van der Waals surface area (Å²) >= 11 is 0. The van der Waals surface area contributed by atoms with E-state index < -0.39 is 5.97 Å². The quantitative estimate of drug-likeness (QED) is 0.639. The Kier molecular flexibility index (Phi) is 5.81. The molecule has 0 unspecified atom stereocenters. The van der Waals surface area contributed by atoms with Crippen LogP contribution < -0.4 is 4.74 Å². The van der Waals surface area contributed by atoms with Crippen LogP contribution in [-0.4, -0.2) is 45.9 Å². The second-order valence-electron chi connectivity index (χ2n) is 8.02. The maximum absolute atomic E-state index is 10.8. The fourth-order valence-corrected chi connectivity index (χ4v) is 4.21. The summed E-state index contributed by atoms with van der Waals surface area (Å²) in [6, 6.07) is 12.7. The first-order chi connectivity index (χ1) is 14.1. The monoisotopic (exact) mass is 393 g/mol. The standard InChI is InChI=1S/C23H27N3O3/c1-16-4-5-19(11-22(16)29-15-23(27)28)14-26-8-2-3-18(13-26)9-17-6-7-21-20(10-17)12-24-25-21/h4-7,10-12,18H,2-3,8-9,13-15H2,1H3,(H,24,25)(H,27,28)/t18-/m1/s1. The number of nitrogens with one attached hydrogen (secondary N) is 1. The van der Waals surface area contributed by atoms with Crippen molar-refractivity contribution in [2.75, 3.05) is 19.7 Å². The first kappa shape index (κ1) is 19.5. The number of carboxylic acid groups (broad SMARTS) is 1. The summed E-state index contributed by atoms with van der Waals surface area (Å²) in [5, 5.41) is 17.1. The van der Waals surface area contributed by atoms with Crippen LogP contribution in [0.4, 0.5) is 0 Å². The predicted octanol–water partition coefficient (Wildman–Crippen LogP) is 3.79. The van der Waals surface area contributed by atoms with Crippen LogP contribution in [0, 0.1) is 12.8 Å². The lowest BCUT2D eigenvalue weighted by atomic mass is 9.90. The van der Waals surface area contributed by atoms with Gasteiger partial charge in [0.05, 0.1) is 11.7 Å². The third-order valence-electron chi connectivity index (χ3n) is 5.64. The van der Waals surface area contributed by atoms with E-state index in [9.17, 15) is 4.79 Å². The average molecular weight is 393 g/mol. The fraction of sp³-hybridized carbons (Fsp3) is 0.391. The SMILES string of the molecule is Cc1ccc(CN2CCC[C@H](Cc3ccc4[nH]ncc4c3)C2)cc1OCC(=O)O. The van der Waals surface area contributed by atoms with Gasteiger partial charge in [-0.15, -0.1) is 0 Å². The molecule has 1 aliphatic rings. The first-order valence-corrected chi connectivity index (χ1v) is 10.2. The molecule has 29 heavy (non-hydrogen) atoms. The van der Waals surface area contributed by atoms with Crippen molar-refractivity contribution in [2.45, 2.75) is 32.7 Å². The molecule has 0 saturated carbocycles. The van der Waals surface area contributed by atoms with Crippen LogP contribution in [0.3, 0.4) is 0 Å². The highest BCUT2D eigenvalue weighted by atomic mass is 16.5. The number of aliphatic carboxylic acids is 1. The van der Waals surface area contributed by atoms with Gasteiger partial charge in [-0.25, -0.2) is 4.79 Å². The maximum Gasteiger partial charge on any atom is 0.341 e. The Hall–Kier alpha value is -2.86. The van der Waals surface area contributed by atoms with Crippen molar-refractivity contribution >= 4 is 16.9 Å². The van der Waals surface area contributed by atoms with Crippen LogP contribution in [0.25, 0.3) is 10.9 Å². The molecule has 0 bridgehead atoms. The summed E-state index contributed by atoms with van der Waals surface area (Å²) in [7, 11) is 0. The number of H-pyrrole nitrogens is 1. The highest BCUT2D eigenvalue weighted by Crippen LogP contribution is 2.25. The van der Waals surface area contributed by atoms with Gasteiger partial charge in [-0.1, -0.05) is 18.2 Å². The van der Waals surface area contributed by atoms with E-state index in [1.54, 1.807) is 0 Å². The van der Waals surface area contributed by atoms with Gasteiger partial charge in [-0.05, 0) is 73.5 Å². The fourth-order valence-electron chi connectivity index (χ4n) is 4.21. The number of fused-ring (bicyclic) bond motifs is 1. The van der Waals surface area contributed by atoms with Crippen molar-refractivity contribution in [1.29, 1.82) is 0 Å². The topological polar surface area (TPSA) is 78.5 Å². The van der Waals surface area contributed by atoms with E-state index in [1.165, 1.54) is 23.8 Å². The number of hydrogen-bond acceptors (Lipinski definition) is 4. The van der Waals surface area contributed by atoms with E-state index in [4.69, 9.17) is 9.84 Å². The normalized spacial score (nSPS) is 17.5. The van der Waals surface area contributed by atoms with Crippen molar-refractivity contribution in [3.8, 4) is 5.75 Å². The van der Waals surface area contributed by atoms with Crippen LogP contribution in [0.1, 0.15) is 29.5 Å². The summed E-state index contributed by atoms with van der Waals surface area (Å²) < 4.78 is 5.43. The molecule has 0 amide bonds. The lowest BCUT2D eigenvalue weighted by molar-refractivity contribution is -0.139. The summed E-state index contributed by atoms with van der Waals surface area (Å²) in [6.45, 7) is 4.66. The smallest absolute Gasteiger partial charge is 0.341 e. The lowest BCUT2D eigenvalue weighted by Crippen LogP contribution is -2.35. The number of nitrogens with zero attached hydrogens (tertiary/aromatic N) is 2. The van der Waals surface area contributed by atoms with Crippen molar-refractivity contribution < 1.29 is 14.6 Å². The van der Waals surface area contributed by atoms with Crippen molar-refractivity contribution in [1.82, 2.24) is 15.1 Å². The van der Waals surface area contributed by atoms with Gasteiger partial charge in [-0.2, -0.15) is 5.10 Å². The molecule has 1 saturated heterocycles. The van der Waals surface area contributed by atoms with E-state index in [0.29, 0.717) is 11.7 Å². The molecule has 6 heteroatoms. The number of aromatic nitrogens is 2. The highest BCUT2D eigenvalue weighted by molar-refractivity contribution is 5.78. The zero-order valence-corrected chi connectivity index (χ0v) is 16.7. The number of carbonyl (C=O) groups is 1. The molecule has 6 nitrogen and oxygen atoms in total. The number of piperidine rings is 1. The minimum absolute atomic E-state index is 0.308. The Morgan fingerprint density at radius 1 is 1.28 bits per heavy atom. The number of aryl methyl sites for hydroxylation is 1. The van der Waals surface area contributed by atoms with Crippen molar-refractivity contribution in [2.24, 2.45) is 5.92 Å². The minimum Gasteiger partial charge on any atom is -0.482 e. The average Bonchev–Trinajstić information content (AvgIpc) is 3.16. The van der Waals surface area contributed by atoms with Gasteiger partial charge in [0.15, 0.2) is 6.61 Å². The highest BCUT2D eigenvalue weighted by Gasteiger charge is 2.21. The van der Waals surface area contributed by atoms with E-state index in [0.717, 1.165) is 42.7 Å². The Morgan fingerprint density at radius 3 is 3.00 bits per heavy atom. The predicted molar refractivity (Wildman–Crippen MR) is 112 cm³/mol. The van der Waals surface area contributed by atoms with Gasteiger partial charge in [0.2, 0.25) is 0 Å². The third-order valence-corrected chi connectivity index (χ3v) is 5.64. The molecule has 2 heterocycles. The Balaban J connectivity index is 1.38. The molecule has 0 radical (unpaired) electrons. The minimum atomic E-state index is -0.956. The molecule has 152 valence electrons. The number of benzene rings is 2. The number of ether oxygens (including phenoxy) is 1. The number of aromatic amines is 1. The molecule has 2 aromatic carbocycles. The van der Waals surface area contributed by atoms with Gasteiger partial charge in [0, 0.05) is 18.5 Å². The molecule has 3 aromatic rings. The van der Waals surface area contributed by atoms with Crippen molar-refractivity contribution in [3.63, 3.8) is 0 Å². The number of carboxylic acids is 1. The molecule has 1 fully saturated rings. The summed E-state index contributed by atoms with van der Waals surface area (Å²) in [5.41, 5.74) is 4.57. The lowest BCUT2D eigenvalue weighted by Gasteiger charge is -2.33. The maximum atomic E-state index is 10.8. The van der Waals surface area contributed by atoms with Gasteiger partial charge < -0.3 is 9.84 Å². The summed E-state index contributed by atoms with van der Waals surface area (Å²) in [6.07, 6.45) is 5.42. The van der Waals surface area contributed by atoms with Crippen LogP contribution >= 0.6 is 0 Å². The number of rotatable bonds is 7. The van der Waals surface area contributed by atoms with Crippen LogP contribution in [0.2, 0.25) is 0 Å². The molecule has 1 aliphatic heterocycles. The van der Waals surface area contributed by atoms with Crippen LogP contribution in [0.15, 0.2) is 42.6 Å². The second-order valence-corrected chi connectivity index (χ2v) is 8.02. The van der Waals surface area contributed by atoms with E-state index in [1.807, 2.05) is 25.3 Å². The summed E-state index contributed by atoms with van der Waals surface area (Å²) in [5.74, 6) is 0.343. The molecule has 2 N–H and O–H groups in total. The number of hydrogen-bond donors (Lipinski definition) is 2. The van der Waals surface area contributed by atoms with Crippen LogP contribution in [-0.2, 0) is 17.8 Å². The van der Waals surface area contributed by atoms with Gasteiger partial charge in [0.1, 0.15) is 5.75 Å². The van der Waals surface area contributed by atoms with Gasteiger partial charge >= 0.3 is 5.97 Å². The number of likely N-dealkylation sites (tertiary alicyclic amines) is 1. The molecule has 0 spiro atoms. The molecular formula is C23H27N3O3. The van der Waals surface area contributed by atoms with Crippen molar-refractivity contribution in [3.05, 3.63) is 59.3 Å². The van der Waals surface area contributed by atoms with Crippen LogP contribution in [0.5, 0.6) is 5.75 Å². The van der Waals surface area contributed by atoms with Gasteiger partial charge in [-0.3, -0.25) is 10.00 Å². The third kappa shape index (κ3) is 4.95. The molecular weight excluding hydrogens is 366 g/mol. The van der Waals surface area contributed by atoms with Gasteiger partial charge in [0.25, 0.3) is 0 Å². The Bertz CT molecular complexity index is 998. The Labute approximate surface area is 170 Å². The zero-order chi connectivity index (χ0) is 20.2.